The van der Waals surface area contributed by atoms with Crippen LogP contribution in [0.2, 0.25) is 0 Å². The van der Waals surface area contributed by atoms with E-state index in [2.05, 4.69) is 22.2 Å². The molecule has 0 N–H and O–H groups in total. The quantitative estimate of drug-likeness (QED) is 0.369. The lowest BCUT2D eigenvalue weighted by Gasteiger charge is -2.35. The predicted octanol–water partition coefficient (Wildman–Crippen LogP) is 5.03. The molecule has 190 valence electrons. The minimum Gasteiger partial charge on any atom is -0.368 e. The van der Waals surface area contributed by atoms with Gasteiger partial charge in [0, 0.05) is 38.3 Å². The average molecular weight is 506 g/mol. The van der Waals surface area contributed by atoms with E-state index in [1.165, 1.54) is 11.6 Å². The number of hydrogen-bond acceptors (Lipinski definition) is 4. The molecule has 0 unspecified atom stereocenters. The Morgan fingerprint density at radius 1 is 0.784 bits per heavy atom. The third-order valence-corrected chi connectivity index (χ3v) is 6.45. The lowest BCUT2D eigenvalue weighted by atomic mass is 10.1. The molecule has 1 saturated heterocycles. The molecule has 2 heterocycles. The fourth-order valence-electron chi connectivity index (χ4n) is 4.46. The standard InChI is InChI=1S/C28H26F3N5O/c29-28(30,31)22-10-7-13-24(20-22)34-16-18-35(19-17-34)27(37)26-32-25(15-14-21-8-3-1-4-9-21)36(33-26)23-11-5-2-6-12-23/h1-13,20H,14-19H2. The number of carbonyl (C=O) groups excluding carboxylic acids is 1. The molecule has 1 aliphatic rings. The van der Waals surface area contributed by atoms with E-state index in [9.17, 15) is 18.0 Å². The molecule has 4 aromatic rings. The summed E-state index contributed by atoms with van der Waals surface area (Å²) >= 11 is 0. The largest absolute Gasteiger partial charge is 0.416 e. The van der Waals surface area contributed by atoms with Gasteiger partial charge < -0.3 is 9.80 Å². The molecule has 0 aliphatic carbocycles. The molecule has 1 aliphatic heterocycles. The summed E-state index contributed by atoms with van der Waals surface area (Å²) in [5, 5.41) is 4.56. The van der Waals surface area contributed by atoms with Gasteiger partial charge in [-0.3, -0.25) is 4.79 Å². The minimum absolute atomic E-state index is 0.124. The Morgan fingerprint density at radius 2 is 1.43 bits per heavy atom. The van der Waals surface area contributed by atoms with Crippen LogP contribution >= 0.6 is 0 Å². The maximum absolute atomic E-state index is 13.3. The van der Waals surface area contributed by atoms with Crippen molar-refractivity contribution in [3.05, 3.63) is 108 Å². The van der Waals surface area contributed by atoms with E-state index in [1.807, 2.05) is 53.4 Å². The topological polar surface area (TPSA) is 54.3 Å². The normalized spacial score (nSPS) is 14.1. The van der Waals surface area contributed by atoms with Crippen LogP contribution in [0.1, 0.15) is 27.6 Å². The number of piperazine rings is 1. The molecule has 0 saturated carbocycles. The van der Waals surface area contributed by atoms with Crippen molar-refractivity contribution in [1.29, 1.82) is 0 Å². The van der Waals surface area contributed by atoms with Gasteiger partial charge in [-0.25, -0.2) is 9.67 Å². The highest BCUT2D eigenvalue weighted by Gasteiger charge is 2.32. The fourth-order valence-corrected chi connectivity index (χ4v) is 4.46. The van der Waals surface area contributed by atoms with Gasteiger partial charge in [-0.2, -0.15) is 13.2 Å². The van der Waals surface area contributed by atoms with Crippen LogP contribution in [0.5, 0.6) is 0 Å². The predicted molar refractivity (Wildman–Crippen MR) is 135 cm³/mol. The zero-order valence-electron chi connectivity index (χ0n) is 20.1. The smallest absolute Gasteiger partial charge is 0.368 e. The lowest BCUT2D eigenvalue weighted by Crippen LogP contribution is -2.49. The summed E-state index contributed by atoms with van der Waals surface area (Å²) in [5.41, 5.74) is 1.81. The summed E-state index contributed by atoms with van der Waals surface area (Å²) in [6.45, 7) is 1.59. The molecule has 0 atom stereocenters. The van der Waals surface area contributed by atoms with Crippen molar-refractivity contribution in [2.75, 3.05) is 31.1 Å². The van der Waals surface area contributed by atoms with Crippen LogP contribution in [-0.2, 0) is 19.0 Å². The average Bonchev–Trinajstić information content (AvgIpc) is 3.36. The highest BCUT2D eigenvalue weighted by atomic mass is 19.4. The highest BCUT2D eigenvalue weighted by Crippen LogP contribution is 2.32. The molecular formula is C28H26F3N5O. The summed E-state index contributed by atoms with van der Waals surface area (Å²) < 4.78 is 41.1. The molecule has 6 nitrogen and oxygen atoms in total. The molecule has 3 aromatic carbocycles. The molecule has 1 fully saturated rings. The molecule has 1 amide bonds. The van der Waals surface area contributed by atoms with Gasteiger partial charge in [0.1, 0.15) is 5.82 Å². The summed E-state index contributed by atoms with van der Waals surface area (Å²) in [6, 6.07) is 24.9. The second-order valence-corrected chi connectivity index (χ2v) is 8.91. The van der Waals surface area contributed by atoms with E-state index in [0.717, 1.165) is 24.2 Å². The highest BCUT2D eigenvalue weighted by molar-refractivity contribution is 5.90. The van der Waals surface area contributed by atoms with Crippen molar-refractivity contribution in [1.82, 2.24) is 19.7 Å². The molecule has 0 bridgehead atoms. The maximum atomic E-state index is 13.3. The number of hydrogen-bond donors (Lipinski definition) is 0. The van der Waals surface area contributed by atoms with Gasteiger partial charge >= 0.3 is 6.18 Å². The van der Waals surface area contributed by atoms with Crippen LogP contribution in [0.25, 0.3) is 5.69 Å². The number of aromatic nitrogens is 3. The Balaban J connectivity index is 1.31. The van der Waals surface area contributed by atoms with E-state index in [4.69, 9.17) is 0 Å². The van der Waals surface area contributed by atoms with Crippen molar-refractivity contribution in [3.63, 3.8) is 0 Å². The van der Waals surface area contributed by atoms with Crippen molar-refractivity contribution in [3.8, 4) is 5.69 Å². The zero-order chi connectivity index (χ0) is 25.8. The van der Waals surface area contributed by atoms with E-state index in [1.54, 1.807) is 15.6 Å². The van der Waals surface area contributed by atoms with Gasteiger partial charge in [0.25, 0.3) is 5.91 Å². The summed E-state index contributed by atoms with van der Waals surface area (Å²) in [6.07, 6.45) is -3.02. The van der Waals surface area contributed by atoms with Crippen LogP contribution in [0, 0.1) is 0 Å². The fraction of sp³-hybridized carbons (Fsp3) is 0.250. The Kier molecular flexibility index (Phi) is 6.94. The number of carbonyl (C=O) groups is 1. The van der Waals surface area contributed by atoms with Gasteiger partial charge in [-0.05, 0) is 42.3 Å². The van der Waals surface area contributed by atoms with Crippen LogP contribution in [-0.4, -0.2) is 51.8 Å². The molecular weight excluding hydrogens is 479 g/mol. The van der Waals surface area contributed by atoms with E-state index >= 15 is 0 Å². The number of aryl methyl sites for hydroxylation is 2. The Morgan fingerprint density at radius 3 is 2.11 bits per heavy atom. The summed E-state index contributed by atoms with van der Waals surface area (Å²) in [7, 11) is 0. The van der Waals surface area contributed by atoms with Crippen LogP contribution in [0.3, 0.4) is 0 Å². The number of para-hydroxylation sites is 1. The molecule has 9 heteroatoms. The van der Waals surface area contributed by atoms with E-state index in [-0.39, 0.29) is 11.7 Å². The first-order valence-electron chi connectivity index (χ1n) is 12.2. The summed E-state index contributed by atoms with van der Waals surface area (Å²) in [4.78, 5) is 21.5. The van der Waals surface area contributed by atoms with Crippen LogP contribution in [0.4, 0.5) is 18.9 Å². The number of anilines is 1. The lowest BCUT2D eigenvalue weighted by molar-refractivity contribution is -0.137. The van der Waals surface area contributed by atoms with E-state index in [0.29, 0.717) is 44.1 Å². The molecule has 37 heavy (non-hydrogen) atoms. The van der Waals surface area contributed by atoms with Gasteiger partial charge in [0.15, 0.2) is 0 Å². The first kappa shape index (κ1) is 24.5. The minimum atomic E-state index is -4.39. The van der Waals surface area contributed by atoms with Gasteiger partial charge in [-0.1, -0.05) is 54.6 Å². The number of halogens is 3. The van der Waals surface area contributed by atoms with Gasteiger partial charge in [0.05, 0.1) is 11.3 Å². The zero-order valence-corrected chi connectivity index (χ0v) is 20.1. The number of rotatable bonds is 6. The van der Waals surface area contributed by atoms with Crippen molar-refractivity contribution in [2.45, 2.75) is 19.0 Å². The Bertz CT molecular complexity index is 1350. The number of nitrogens with zero attached hydrogens (tertiary/aromatic N) is 5. The summed E-state index contributed by atoms with van der Waals surface area (Å²) in [5.74, 6) is 0.541. The molecule has 0 radical (unpaired) electrons. The maximum Gasteiger partial charge on any atom is 0.416 e. The Labute approximate surface area is 213 Å². The van der Waals surface area contributed by atoms with Crippen molar-refractivity contribution >= 4 is 11.6 Å². The monoisotopic (exact) mass is 505 g/mol. The Hall–Kier alpha value is -4.14. The number of amides is 1. The van der Waals surface area contributed by atoms with Crippen LogP contribution in [0.15, 0.2) is 84.9 Å². The van der Waals surface area contributed by atoms with Crippen LogP contribution < -0.4 is 4.90 Å². The van der Waals surface area contributed by atoms with E-state index < -0.39 is 11.7 Å². The first-order chi connectivity index (χ1) is 17.9. The van der Waals surface area contributed by atoms with Crippen molar-refractivity contribution < 1.29 is 18.0 Å². The molecule has 0 spiro atoms. The number of benzene rings is 3. The molecule has 1 aromatic heterocycles. The SMILES string of the molecule is O=C(c1nc(CCc2ccccc2)n(-c2ccccc2)n1)N1CCN(c2cccc(C(F)(F)F)c2)CC1. The second kappa shape index (κ2) is 10.5. The number of alkyl halides is 3. The second-order valence-electron chi connectivity index (χ2n) is 8.91. The van der Waals surface area contributed by atoms with Gasteiger partial charge in [0.2, 0.25) is 5.82 Å². The third-order valence-electron chi connectivity index (χ3n) is 6.45. The first-order valence-corrected chi connectivity index (χ1v) is 12.2. The van der Waals surface area contributed by atoms with Crippen molar-refractivity contribution in [2.24, 2.45) is 0 Å². The van der Waals surface area contributed by atoms with Gasteiger partial charge in [-0.15, -0.1) is 5.10 Å². The third kappa shape index (κ3) is 5.66. The molecule has 5 rings (SSSR count).